The fourth-order valence-corrected chi connectivity index (χ4v) is 4.02. The van der Waals surface area contributed by atoms with Crippen LogP contribution in [0.1, 0.15) is 15.9 Å². The first kappa shape index (κ1) is 25.4. The van der Waals surface area contributed by atoms with Gasteiger partial charge in [-0.1, -0.05) is 12.1 Å². The van der Waals surface area contributed by atoms with Gasteiger partial charge in [-0.15, -0.1) is 11.3 Å². The molecule has 35 heavy (non-hydrogen) atoms. The molecule has 9 nitrogen and oxygen atoms in total. The van der Waals surface area contributed by atoms with E-state index in [9.17, 15) is 22.4 Å². The minimum Gasteiger partial charge on any atom is -0.383 e. The maximum atomic E-state index is 13.8. The number of benzene rings is 2. The number of sulfonamides is 1. The van der Waals surface area contributed by atoms with Gasteiger partial charge in [-0.25, -0.2) is 12.8 Å². The average molecular weight is 496 g/mol. The highest BCUT2D eigenvalue weighted by Crippen LogP contribution is 2.23. The second kappa shape index (κ2) is 11.2. The Hall–Kier alpha value is -4.27. The predicted molar refractivity (Wildman–Crippen MR) is 129 cm³/mol. The van der Waals surface area contributed by atoms with E-state index in [1.54, 1.807) is 37.4 Å². The van der Waals surface area contributed by atoms with Crippen molar-refractivity contribution in [2.45, 2.75) is 11.8 Å². The molecule has 180 valence electrons. The fraction of sp³-hybridized carbons (Fsp3) is 0.125. The zero-order valence-electron chi connectivity index (χ0n) is 18.6. The SMILES string of the molecule is C#CC(=O)NCCNc1ccnc(-c2cc(C)cc(C(=O)NNS(=O)(=O)c3ccccc3F)c2)c1. The van der Waals surface area contributed by atoms with Gasteiger partial charge in [-0.3, -0.25) is 20.0 Å². The summed E-state index contributed by atoms with van der Waals surface area (Å²) in [6.07, 6.45) is 6.59. The van der Waals surface area contributed by atoms with Gasteiger partial charge in [0.25, 0.3) is 21.8 Å². The first-order valence-corrected chi connectivity index (χ1v) is 11.8. The largest absolute Gasteiger partial charge is 0.383 e. The van der Waals surface area contributed by atoms with Crippen molar-refractivity contribution in [3.05, 3.63) is 77.7 Å². The summed E-state index contributed by atoms with van der Waals surface area (Å²) in [5, 5.41) is 5.68. The van der Waals surface area contributed by atoms with Crippen LogP contribution in [0.4, 0.5) is 10.1 Å². The third kappa shape index (κ3) is 6.86. The molecule has 3 aromatic rings. The Labute approximate surface area is 202 Å². The van der Waals surface area contributed by atoms with E-state index in [0.29, 0.717) is 24.3 Å². The number of terminal acetylenes is 1. The van der Waals surface area contributed by atoms with Crippen LogP contribution in [0.15, 0.2) is 65.7 Å². The van der Waals surface area contributed by atoms with E-state index in [2.05, 4.69) is 21.0 Å². The fourth-order valence-electron chi connectivity index (χ4n) is 3.10. The molecule has 0 bridgehead atoms. The number of hydrazine groups is 1. The number of hydrogen-bond acceptors (Lipinski definition) is 6. The number of rotatable bonds is 9. The van der Waals surface area contributed by atoms with Gasteiger partial charge in [0.2, 0.25) is 0 Å². The molecule has 1 aromatic heterocycles. The van der Waals surface area contributed by atoms with Gasteiger partial charge in [-0.2, -0.15) is 0 Å². The lowest BCUT2D eigenvalue weighted by Gasteiger charge is -2.12. The number of hydrogen-bond donors (Lipinski definition) is 4. The van der Waals surface area contributed by atoms with Gasteiger partial charge in [0.05, 0.1) is 5.69 Å². The van der Waals surface area contributed by atoms with Crippen LogP contribution in [0.5, 0.6) is 0 Å². The first-order valence-electron chi connectivity index (χ1n) is 10.3. The Kier molecular flexibility index (Phi) is 8.14. The van der Waals surface area contributed by atoms with Crippen molar-refractivity contribution in [2.24, 2.45) is 0 Å². The van der Waals surface area contributed by atoms with Gasteiger partial charge in [0.15, 0.2) is 0 Å². The van der Waals surface area contributed by atoms with Crippen LogP contribution in [0, 0.1) is 25.1 Å². The molecule has 4 N–H and O–H groups in total. The highest BCUT2D eigenvalue weighted by Gasteiger charge is 2.20. The lowest BCUT2D eigenvalue weighted by Crippen LogP contribution is -2.41. The van der Waals surface area contributed by atoms with E-state index >= 15 is 0 Å². The number of nitrogens with zero attached hydrogens (tertiary/aromatic N) is 1. The molecule has 0 saturated carbocycles. The molecule has 0 saturated heterocycles. The van der Waals surface area contributed by atoms with Crippen molar-refractivity contribution < 1.29 is 22.4 Å². The summed E-state index contributed by atoms with van der Waals surface area (Å²) in [6, 6.07) is 13.3. The number of nitrogens with one attached hydrogen (secondary N) is 4. The maximum Gasteiger partial charge on any atom is 0.295 e. The van der Waals surface area contributed by atoms with Crippen LogP contribution in [0.3, 0.4) is 0 Å². The highest BCUT2D eigenvalue weighted by atomic mass is 32.2. The van der Waals surface area contributed by atoms with Gasteiger partial charge in [0, 0.05) is 36.1 Å². The van der Waals surface area contributed by atoms with Crippen LogP contribution < -0.4 is 20.9 Å². The normalized spacial score (nSPS) is 10.8. The molecule has 2 aromatic carbocycles. The standard InChI is InChI=1S/C24H22FN5O4S/c1-3-23(31)28-11-10-26-19-8-9-27-21(15-19)17-12-16(2)13-18(14-17)24(32)29-30-35(33,34)22-7-5-4-6-20(22)25/h1,4-9,12-15,30H,10-11H2,2H3,(H,26,27)(H,28,31)(H,29,32). The Balaban J connectivity index is 1.72. The van der Waals surface area contributed by atoms with Crippen molar-refractivity contribution in [1.29, 1.82) is 0 Å². The summed E-state index contributed by atoms with van der Waals surface area (Å²) >= 11 is 0. The number of aryl methyl sites for hydroxylation is 1. The van der Waals surface area contributed by atoms with Gasteiger partial charge in [-0.05, 0) is 60.9 Å². The molecule has 3 rings (SSSR count). The Morgan fingerprint density at radius 1 is 1.09 bits per heavy atom. The molecule has 0 aliphatic heterocycles. The number of carbonyl (C=O) groups is 2. The van der Waals surface area contributed by atoms with Crippen molar-refractivity contribution in [3.8, 4) is 23.6 Å². The lowest BCUT2D eigenvalue weighted by atomic mass is 10.0. The summed E-state index contributed by atoms with van der Waals surface area (Å²) in [5.41, 5.74) is 4.93. The van der Waals surface area contributed by atoms with Crippen molar-refractivity contribution in [1.82, 2.24) is 20.6 Å². The van der Waals surface area contributed by atoms with Crippen LogP contribution in [0.25, 0.3) is 11.3 Å². The molecule has 11 heteroatoms. The first-order chi connectivity index (χ1) is 16.7. The van der Waals surface area contributed by atoms with Crippen LogP contribution in [-0.4, -0.2) is 38.3 Å². The number of amides is 2. The third-order valence-corrected chi connectivity index (χ3v) is 5.97. The lowest BCUT2D eigenvalue weighted by molar-refractivity contribution is -0.115. The van der Waals surface area contributed by atoms with E-state index in [1.165, 1.54) is 12.1 Å². The molecule has 2 amide bonds. The maximum absolute atomic E-state index is 13.8. The van der Waals surface area contributed by atoms with E-state index in [-0.39, 0.29) is 5.56 Å². The summed E-state index contributed by atoms with van der Waals surface area (Å²) in [7, 11) is -4.30. The number of anilines is 1. The molecule has 0 aliphatic carbocycles. The number of carbonyl (C=O) groups excluding carboxylic acids is 2. The van der Waals surface area contributed by atoms with Crippen molar-refractivity contribution in [2.75, 3.05) is 18.4 Å². The van der Waals surface area contributed by atoms with E-state index in [4.69, 9.17) is 6.42 Å². The predicted octanol–water partition coefficient (Wildman–Crippen LogP) is 1.98. The number of aromatic nitrogens is 1. The van der Waals surface area contributed by atoms with Gasteiger partial charge >= 0.3 is 0 Å². The Bertz CT molecular complexity index is 1400. The molecule has 1 heterocycles. The molecule has 0 radical (unpaired) electrons. The van der Waals surface area contributed by atoms with Gasteiger partial charge < -0.3 is 10.6 Å². The topological polar surface area (TPSA) is 129 Å². The van der Waals surface area contributed by atoms with E-state index in [1.807, 2.05) is 16.8 Å². The van der Waals surface area contributed by atoms with Crippen molar-refractivity contribution in [3.63, 3.8) is 0 Å². The molecule has 0 aliphatic rings. The third-order valence-electron chi connectivity index (χ3n) is 4.69. The summed E-state index contributed by atoms with van der Waals surface area (Å²) < 4.78 is 38.5. The molecule has 0 spiro atoms. The molecular formula is C24H22FN5O4S. The molecule has 0 unspecified atom stereocenters. The average Bonchev–Trinajstić information content (AvgIpc) is 2.85. The van der Waals surface area contributed by atoms with E-state index < -0.39 is 32.6 Å². The molecular weight excluding hydrogens is 473 g/mol. The summed E-state index contributed by atoms with van der Waals surface area (Å²) in [5.74, 6) is -0.198. The minimum absolute atomic E-state index is 0.174. The summed E-state index contributed by atoms with van der Waals surface area (Å²) in [6.45, 7) is 2.54. The van der Waals surface area contributed by atoms with Crippen LogP contribution in [-0.2, 0) is 14.8 Å². The van der Waals surface area contributed by atoms with Crippen LogP contribution in [0.2, 0.25) is 0 Å². The second-order valence-corrected chi connectivity index (χ2v) is 8.99. The zero-order chi connectivity index (χ0) is 25.4. The Morgan fingerprint density at radius 3 is 2.60 bits per heavy atom. The van der Waals surface area contributed by atoms with Gasteiger partial charge in [0.1, 0.15) is 10.7 Å². The van der Waals surface area contributed by atoms with E-state index in [0.717, 1.165) is 23.4 Å². The summed E-state index contributed by atoms with van der Waals surface area (Å²) in [4.78, 5) is 29.4. The molecule has 0 atom stereocenters. The Morgan fingerprint density at radius 2 is 1.86 bits per heavy atom. The van der Waals surface area contributed by atoms with Crippen LogP contribution >= 0.6 is 0 Å². The minimum atomic E-state index is -4.30. The monoisotopic (exact) mass is 495 g/mol. The smallest absolute Gasteiger partial charge is 0.295 e. The zero-order valence-corrected chi connectivity index (χ0v) is 19.4. The number of halogens is 1. The quantitative estimate of drug-likeness (QED) is 0.204. The number of pyridine rings is 1. The molecule has 0 fully saturated rings. The highest BCUT2D eigenvalue weighted by molar-refractivity contribution is 7.89. The second-order valence-electron chi connectivity index (χ2n) is 7.33. The van der Waals surface area contributed by atoms with Crippen molar-refractivity contribution >= 4 is 27.5 Å².